The Labute approximate surface area is 179 Å². The van der Waals surface area contributed by atoms with Crippen molar-refractivity contribution in [2.75, 3.05) is 13.2 Å². The Hall–Kier alpha value is -3.31. The molecule has 1 N–H and O–H groups in total. The predicted molar refractivity (Wildman–Crippen MR) is 118 cm³/mol. The van der Waals surface area contributed by atoms with Crippen LogP contribution in [-0.2, 0) is 6.54 Å². The van der Waals surface area contributed by atoms with Gasteiger partial charge in [-0.15, -0.1) is 0 Å². The van der Waals surface area contributed by atoms with Crippen molar-refractivity contribution in [1.29, 1.82) is 0 Å². The lowest BCUT2D eigenvalue weighted by Gasteiger charge is -2.20. The van der Waals surface area contributed by atoms with E-state index < -0.39 is 0 Å². The fraction of sp³-hybridized carbons (Fsp3) is 0.167. The first-order valence-corrected chi connectivity index (χ1v) is 10.2. The number of carbonyl (C=O) groups excluding carboxylic acids is 1. The zero-order valence-corrected chi connectivity index (χ0v) is 17.2. The standard InChI is InChI=1S/C24H20ClN3O2/c1-15-26-21-7-5-17(13-22(21)27-15)16-6-8-23-19(11-16)14-28(9-10-30-23)24(29)18-3-2-4-20(25)12-18/h2-8,11-13H,9-10,14H2,1H3,(H,26,27). The van der Waals surface area contributed by atoms with Crippen molar-refractivity contribution < 1.29 is 9.53 Å². The third kappa shape index (κ3) is 3.53. The van der Waals surface area contributed by atoms with E-state index in [9.17, 15) is 4.79 Å². The Balaban J connectivity index is 1.47. The minimum atomic E-state index is -0.0475. The number of imidazole rings is 1. The minimum absolute atomic E-state index is 0.0475. The van der Waals surface area contributed by atoms with Gasteiger partial charge in [0, 0.05) is 22.7 Å². The van der Waals surface area contributed by atoms with Gasteiger partial charge in [-0.25, -0.2) is 4.98 Å². The first-order valence-electron chi connectivity index (χ1n) is 9.84. The maximum Gasteiger partial charge on any atom is 0.254 e. The van der Waals surface area contributed by atoms with Crippen LogP contribution in [0.2, 0.25) is 5.02 Å². The van der Waals surface area contributed by atoms with Gasteiger partial charge in [0.1, 0.15) is 18.2 Å². The molecule has 5 rings (SSSR count). The summed E-state index contributed by atoms with van der Waals surface area (Å²) < 4.78 is 5.92. The number of hydrogen-bond acceptors (Lipinski definition) is 3. The van der Waals surface area contributed by atoms with Crippen LogP contribution in [0.15, 0.2) is 60.7 Å². The van der Waals surface area contributed by atoms with E-state index in [1.165, 1.54) is 0 Å². The van der Waals surface area contributed by atoms with Gasteiger partial charge in [-0.2, -0.15) is 0 Å². The molecule has 1 aromatic heterocycles. The molecule has 0 fully saturated rings. The van der Waals surface area contributed by atoms with Crippen LogP contribution in [0.5, 0.6) is 5.75 Å². The number of nitrogens with one attached hydrogen (secondary N) is 1. The van der Waals surface area contributed by atoms with E-state index in [0.717, 1.165) is 39.3 Å². The molecular weight excluding hydrogens is 398 g/mol. The lowest BCUT2D eigenvalue weighted by Crippen LogP contribution is -2.32. The molecule has 0 atom stereocenters. The second kappa shape index (κ2) is 7.50. The smallest absolute Gasteiger partial charge is 0.254 e. The third-order valence-corrected chi connectivity index (χ3v) is 5.57. The number of hydrogen-bond donors (Lipinski definition) is 1. The van der Waals surface area contributed by atoms with E-state index in [0.29, 0.717) is 30.3 Å². The topological polar surface area (TPSA) is 58.2 Å². The van der Waals surface area contributed by atoms with Crippen molar-refractivity contribution in [3.63, 3.8) is 0 Å². The molecule has 1 aliphatic heterocycles. The van der Waals surface area contributed by atoms with Crippen LogP contribution in [0.1, 0.15) is 21.7 Å². The maximum absolute atomic E-state index is 13.0. The zero-order chi connectivity index (χ0) is 20.7. The van der Waals surface area contributed by atoms with Crippen molar-refractivity contribution in [3.8, 4) is 16.9 Å². The lowest BCUT2D eigenvalue weighted by atomic mass is 10.0. The van der Waals surface area contributed by atoms with Crippen molar-refractivity contribution in [2.45, 2.75) is 13.5 Å². The summed E-state index contributed by atoms with van der Waals surface area (Å²) in [4.78, 5) is 22.6. The number of halogens is 1. The molecule has 0 spiro atoms. The molecule has 6 heteroatoms. The second-order valence-electron chi connectivity index (χ2n) is 7.46. The van der Waals surface area contributed by atoms with Crippen LogP contribution in [0.25, 0.3) is 22.2 Å². The second-order valence-corrected chi connectivity index (χ2v) is 7.90. The maximum atomic E-state index is 13.0. The van der Waals surface area contributed by atoms with Crippen molar-refractivity contribution >= 4 is 28.5 Å². The Morgan fingerprint density at radius 2 is 1.93 bits per heavy atom. The van der Waals surface area contributed by atoms with Gasteiger partial charge in [0.25, 0.3) is 5.91 Å². The van der Waals surface area contributed by atoms with Gasteiger partial charge in [-0.1, -0.05) is 29.8 Å². The average Bonchev–Trinajstić information content (AvgIpc) is 2.98. The van der Waals surface area contributed by atoms with Crippen LogP contribution in [0.3, 0.4) is 0 Å². The number of aromatic nitrogens is 2. The monoisotopic (exact) mass is 417 g/mol. The Morgan fingerprint density at radius 3 is 2.80 bits per heavy atom. The Kier molecular flexibility index (Phi) is 4.68. The van der Waals surface area contributed by atoms with Crippen molar-refractivity contribution in [2.24, 2.45) is 0 Å². The summed E-state index contributed by atoms with van der Waals surface area (Å²) in [6.07, 6.45) is 0. The van der Waals surface area contributed by atoms with Crippen LogP contribution in [0, 0.1) is 6.92 Å². The van der Waals surface area contributed by atoms with Gasteiger partial charge in [0.05, 0.1) is 17.6 Å². The number of aromatic amines is 1. The van der Waals surface area contributed by atoms with Gasteiger partial charge < -0.3 is 14.6 Å². The van der Waals surface area contributed by atoms with Crippen LogP contribution in [-0.4, -0.2) is 33.9 Å². The van der Waals surface area contributed by atoms with Gasteiger partial charge in [0.15, 0.2) is 0 Å². The Morgan fingerprint density at radius 1 is 1.10 bits per heavy atom. The number of H-pyrrole nitrogens is 1. The number of aryl methyl sites for hydroxylation is 1. The number of ether oxygens (including phenoxy) is 1. The lowest BCUT2D eigenvalue weighted by molar-refractivity contribution is 0.0733. The molecule has 1 aliphatic rings. The molecule has 3 aromatic carbocycles. The van der Waals surface area contributed by atoms with Crippen molar-refractivity contribution in [3.05, 3.63) is 82.6 Å². The molecule has 30 heavy (non-hydrogen) atoms. The molecule has 0 unspecified atom stereocenters. The van der Waals surface area contributed by atoms with Gasteiger partial charge in [-0.05, 0) is 60.5 Å². The van der Waals surface area contributed by atoms with E-state index in [2.05, 4.69) is 34.2 Å². The van der Waals surface area contributed by atoms with Crippen LogP contribution in [0.4, 0.5) is 0 Å². The summed E-state index contributed by atoms with van der Waals surface area (Å²) in [6.45, 7) is 3.41. The normalized spacial score (nSPS) is 13.6. The average molecular weight is 418 g/mol. The largest absolute Gasteiger partial charge is 0.491 e. The first-order chi connectivity index (χ1) is 14.6. The predicted octanol–water partition coefficient (Wildman–Crippen LogP) is 5.23. The molecule has 4 aromatic rings. The van der Waals surface area contributed by atoms with E-state index in [1.807, 2.05) is 24.0 Å². The summed E-state index contributed by atoms with van der Waals surface area (Å²) in [5.74, 6) is 1.67. The summed E-state index contributed by atoms with van der Waals surface area (Å²) in [7, 11) is 0. The molecule has 150 valence electrons. The van der Waals surface area contributed by atoms with E-state index in [4.69, 9.17) is 16.3 Å². The summed E-state index contributed by atoms with van der Waals surface area (Å²) in [5, 5.41) is 0.555. The highest BCUT2D eigenvalue weighted by atomic mass is 35.5. The highest BCUT2D eigenvalue weighted by Crippen LogP contribution is 2.31. The minimum Gasteiger partial charge on any atom is -0.491 e. The summed E-state index contributed by atoms with van der Waals surface area (Å²) in [6, 6.07) is 19.4. The Bertz CT molecular complexity index is 1260. The molecule has 2 heterocycles. The highest BCUT2D eigenvalue weighted by molar-refractivity contribution is 6.30. The molecule has 5 nitrogen and oxygen atoms in total. The quantitative estimate of drug-likeness (QED) is 0.486. The first kappa shape index (κ1) is 18.7. The third-order valence-electron chi connectivity index (χ3n) is 5.33. The zero-order valence-electron chi connectivity index (χ0n) is 16.5. The highest BCUT2D eigenvalue weighted by Gasteiger charge is 2.21. The molecular formula is C24H20ClN3O2. The molecule has 0 aliphatic carbocycles. The number of nitrogens with zero attached hydrogens (tertiary/aromatic N) is 2. The van der Waals surface area contributed by atoms with Gasteiger partial charge in [-0.3, -0.25) is 4.79 Å². The van der Waals surface area contributed by atoms with E-state index in [1.54, 1.807) is 24.3 Å². The van der Waals surface area contributed by atoms with E-state index in [-0.39, 0.29) is 5.91 Å². The van der Waals surface area contributed by atoms with Crippen LogP contribution >= 0.6 is 11.6 Å². The molecule has 0 bridgehead atoms. The number of carbonyl (C=O) groups is 1. The molecule has 1 amide bonds. The van der Waals surface area contributed by atoms with Gasteiger partial charge in [0.2, 0.25) is 0 Å². The fourth-order valence-electron chi connectivity index (χ4n) is 3.87. The molecule has 0 saturated heterocycles. The van der Waals surface area contributed by atoms with Crippen molar-refractivity contribution in [1.82, 2.24) is 14.9 Å². The molecule has 0 radical (unpaired) electrons. The summed E-state index contributed by atoms with van der Waals surface area (Å²) in [5.41, 5.74) is 5.69. The molecule has 0 saturated carbocycles. The van der Waals surface area contributed by atoms with Crippen LogP contribution < -0.4 is 4.74 Å². The summed E-state index contributed by atoms with van der Waals surface area (Å²) >= 11 is 6.07. The number of fused-ring (bicyclic) bond motifs is 2. The number of rotatable bonds is 2. The van der Waals surface area contributed by atoms with E-state index >= 15 is 0 Å². The number of amides is 1. The SMILES string of the molecule is Cc1nc2ccc(-c3ccc4c(c3)CN(C(=O)c3cccc(Cl)c3)CCO4)cc2[nH]1. The number of benzene rings is 3. The fourth-order valence-corrected chi connectivity index (χ4v) is 4.06. The van der Waals surface area contributed by atoms with Gasteiger partial charge >= 0.3 is 0 Å².